The van der Waals surface area contributed by atoms with Crippen LogP contribution in [0.5, 0.6) is 0 Å². The van der Waals surface area contributed by atoms with Crippen molar-refractivity contribution in [1.29, 1.82) is 0 Å². The Labute approximate surface area is 109 Å². The minimum Gasteiger partial charge on any atom is -0.299 e. The lowest BCUT2D eigenvalue weighted by Crippen LogP contribution is -2.24. The van der Waals surface area contributed by atoms with Crippen molar-refractivity contribution in [2.45, 2.75) is 33.2 Å². The van der Waals surface area contributed by atoms with Gasteiger partial charge in [-0.25, -0.2) is 0 Å². The molecule has 0 aromatic heterocycles. The second-order valence-corrected chi connectivity index (χ2v) is 4.59. The highest BCUT2D eigenvalue weighted by molar-refractivity contribution is 6.67. The van der Waals surface area contributed by atoms with Crippen LogP contribution < -0.4 is 0 Å². The molecule has 0 fully saturated rings. The smallest absolute Gasteiger partial charge is 0.252 e. The van der Waals surface area contributed by atoms with Gasteiger partial charge in [-0.1, -0.05) is 26.0 Å². The van der Waals surface area contributed by atoms with Crippen LogP contribution in [-0.2, 0) is 6.54 Å². The molecule has 0 radical (unpaired) electrons. The normalized spacial score (nSPS) is 10.8. The average molecular weight is 254 g/mol. The number of nitrogens with zero attached hydrogens (tertiary/aromatic N) is 1. The van der Waals surface area contributed by atoms with Gasteiger partial charge in [0.05, 0.1) is 0 Å². The molecule has 0 aliphatic carbocycles. The zero-order valence-electron chi connectivity index (χ0n) is 10.6. The van der Waals surface area contributed by atoms with Gasteiger partial charge in [-0.3, -0.25) is 9.69 Å². The third-order valence-electron chi connectivity index (χ3n) is 2.67. The monoisotopic (exact) mass is 253 g/mol. The molecule has 0 N–H and O–H groups in total. The summed E-state index contributed by atoms with van der Waals surface area (Å²) in [5.41, 5.74) is 1.79. The highest BCUT2D eigenvalue weighted by Crippen LogP contribution is 2.10. The van der Waals surface area contributed by atoms with Gasteiger partial charge < -0.3 is 0 Å². The number of carbonyl (C=O) groups excluding carboxylic acids is 1. The highest BCUT2D eigenvalue weighted by Gasteiger charge is 2.05. The third-order valence-corrected chi connectivity index (χ3v) is 2.88. The van der Waals surface area contributed by atoms with Crippen LogP contribution in [-0.4, -0.2) is 23.2 Å². The fraction of sp³-hybridized carbons (Fsp3) is 0.500. The topological polar surface area (TPSA) is 20.3 Å². The minimum absolute atomic E-state index is 0.393. The molecule has 0 unspecified atom stereocenters. The number of hydrogen-bond donors (Lipinski definition) is 0. The molecule has 1 aromatic carbocycles. The predicted octanol–water partition coefficient (Wildman–Crippen LogP) is 3.69. The van der Waals surface area contributed by atoms with Gasteiger partial charge in [0.2, 0.25) is 0 Å². The highest BCUT2D eigenvalue weighted by atomic mass is 35.5. The molecule has 0 atom stereocenters. The Kier molecular flexibility index (Phi) is 6.23. The zero-order chi connectivity index (χ0) is 12.7. The van der Waals surface area contributed by atoms with Crippen LogP contribution in [0, 0.1) is 0 Å². The summed E-state index contributed by atoms with van der Waals surface area (Å²) in [6.45, 7) is 7.56. The molecule has 1 rings (SSSR count). The standard InChI is InChI=1S/C14H20ClNO/c1-3-9-16(10-4-2)11-12-5-7-13(8-6-12)14(15)17/h5-8H,3-4,9-11H2,1-2H3. The summed E-state index contributed by atoms with van der Waals surface area (Å²) in [6.07, 6.45) is 2.33. The van der Waals surface area contributed by atoms with E-state index in [1.807, 2.05) is 12.1 Å². The van der Waals surface area contributed by atoms with Crippen LogP contribution in [0.3, 0.4) is 0 Å². The zero-order valence-corrected chi connectivity index (χ0v) is 11.3. The van der Waals surface area contributed by atoms with Crippen LogP contribution in [0.1, 0.15) is 42.6 Å². The largest absolute Gasteiger partial charge is 0.299 e. The van der Waals surface area contributed by atoms with Gasteiger partial charge in [0, 0.05) is 12.1 Å². The minimum atomic E-state index is -0.393. The molecule has 0 aliphatic heterocycles. The van der Waals surface area contributed by atoms with E-state index in [4.69, 9.17) is 11.6 Å². The van der Waals surface area contributed by atoms with Crippen LogP contribution in [0.4, 0.5) is 0 Å². The SMILES string of the molecule is CCCN(CCC)Cc1ccc(C(=O)Cl)cc1. The average Bonchev–Trinajstić information content (AvgIpc) is 2.30. The van der Waals surface area contributed by atoms with Crippen molar-refractivity contribution in [2.75, 3.05) is 13.1 Å². The first kappa shape index (κ1) is 14.2. The van der Waals surface area contributed by atoms with Gasteiger partial charge in [0.1, 0.15) is 0 Å². The molecule has 2 nitrogen and oxygen atoms in total. The maximum absolute atomic E-state index is 10.9. The van der Waals surface area contributed by atoms with Crippen molar-refractivity contribution in [3.8, 4) is 0 Å². The molecule has 0 aliphatic rings. The number of hydrogen-bond acceptors (Lipinski definition) is 2. The Morgan fingerprint density at radius 3 is 2.06 bits per heavy atom. The molecular weight excluding hydrogens is 234 g/mol. The van der Waals surface area contributed by atoms with E-state index in [9.17, 15) is 4.79 Å². The van der Waals surface area contributed by atoms with Crippen molar-refractivity contribution in [3.05, 3.63) is 35.4 Å². The number of rotatable bonds is 7. The molecule has 1 aromatic rings. The molecule has 0 saturated carbocycles. The summed E-state index contributed by atoms with van der Waals surface area (Å²) >= 11 is 5.41. The molecule has 0 spiro atoms. The molecule has 17 heavy (non-hydrogen) atoms. The van der Waals surface area contributed by atoms with Crippen LogP contribution in [0.25, 0.3) is 0 Å². The Morgan fingerprint density at radius 1 is 1.12 bits per heavy atom. The number of halogens is 1. The van der Waals surface area contributed by atoms with Crippen molar-refractivity contribution in [2.24, 2.45) is 0 Å². The maximum Gasteiger partial charge on any atom is 0.252 e. The van der Waals surface area contributed by atoms with Crippen molar-refractivity contribution >= 4 is 16.8 Å². The van der Waals surface area contributed by atoms with E-state index >= 15 is 0 Å². The van der Waals surface area contributed by atoms with Crippen LogP contribution >= 0.6 is 11.6 Å². The summed E-state index contributed by atoms with van der Waals surface area (Å²) in [4.78, 5) is 13.4. The first-order chi connectivity index (χ1) is 8.17. The lowest BCUT2D eigenvalue weighted by Gasteiger charge is -2.20. The summed E-state index contributed by atoms with van der Waals surface area (Å²) in [5.74, 6) is 0. The van der Waals surface area contributed by atoms with Gasteiger partial charge in [-0.15, -0.1) is 0 Å². The lowest BCUT2D eigenvalue weighted by atomic mass is 10.1. The molecule has 3 heteroatoms. The van der Waals surface area contributed by atoms with Crippen molar-refractivity contribution in [3.63, 3.8) is 0 Å². The maximum atomic E-state index is 10.9. The quantitative estimate of drug-likeness (QED) is 0.691. The van der Waals surface area contributed by atoms with E-state index in [0.29, 0.717) is 5.56 Å². The molecule has 0 saturated heterocycles. The van der Waals surface area contributed by atoms with E-state index in [0.717, 1.165) is 32.5 Å². The number of benzene rings is 1. The first-order valence-electron chi connectivity index (χ1n) is 6.18. The Hall–Kier alpha value is -0.860. The predicted molar refractivity (Wildman–Crippen MR) is 72.5 cm³/mol. The van der Waals surface area contributed by atoms with Crippen molar-refractivity contribution in [1.82, 2.24) is 4.90 Å². The van der Waals surface area contributed by atoms with E-state index in [-0.39, 0.29) is 0 Å². The lowest BCUT2D eigenvalue weighted by molar-refractivity contribution is 0.108. The van der Waals surface area contributed by atoms with E-state index in [1.54, 1.807) is 12.1 Å². The molecule has 94 valence electrons. The fourth-order valence-electron chi connectivity index (χ4n) is 1.90. The molecular formula is C14H20ClNO. The van der Waals surface area contributed by atoms with Crippen LogP contribution in [0.15, 0.2) is 24.3 Å². The van der Waals surface area contributed by atoms with Gasteiger partial charge in [0.15, 0.2) is 0 Å². The van der Waals surface area contributed by atoms with Gasteiger partial charge >= 0.3 is 0 Å². The Balaban J connectivity index is 2.62. The second-order valence-electron chi connectivity index (χ2n) is 4.25. The second kappa shape index (κ2) is 7.46. The van der Waals surface area contributed by atoms with E-state index < -0.39 is 5.24 Å². The number of carbonyl (C=O) groups is 1. The van der Waals surface area contributed by atoms with Crippen LogP contribution in [0.2, 0.25) is 0 Å². The van der Waals surface area contributed by atoms with Gasteiger partial charge in [-0.05, 0) is 55.2 Å². The first-order valence-corrected chi connectivity index (χ1v) is 6.56. The third kappa shape index (κ3) is 4.88. The summed E-state index contributed by atoms with van der Waals surface area (Å²) in [7, 11) is 0. The summed E-state index contributed by atoms with van der Waals surface area (Å²) < 4.78 is 0. The van der Waals surface area contributed by atoms with Gasteiger partial charge in [-0.2, -0.15) is 0 Å². The summed E-state index contributed by atoms with van der Waals surface area (Å²) in [6, 6.07) is 7.54. The van der Waals surface area contributed by atoms with Crippen molar-refractivity contribution < 1.29 is 4.79 Å². The Morgan fingerprint density at radius 2 is 1.65 bits per heavy atom. The molecule has 0 heterocycles. The molecule has 0 amide bonds. The summed E-state index contributed by atoms with van der Waals surface area (Å²) in [5, 5.41) is -0.393. The Bertz CT molecular complexity index is 342. The van der Waals surface area contributed by atoms with E-state index in [1.165, 1.54) is 5.56 Å². The van der Waals surface area contributed by atoms with E-state index in [2.05, 4.69) is 18.7 Å². The fourth-order valence-corrected chi connectivity index (χ4v) is 2.03. The van der Waals surface area contributed by atoms with Gasteiger partial charge in [0.25, 0.3) is 5.24 Å². The molecule has 0 bridgehead atoms.